The predicted octanol–water partition coefficient (Wildman–Crippen LogP) is 4.68. The monoisotopic (exact) mass is 460 g/mol. The maximum Gasteiger partial charge on any atom is 0.261 e. The lowest BCUT2D eigenvalue weighted by atomic mass is 9.81. The van der Waals surface area contributed by atoms with Crippen molar-refractivity contribution in [3.63, 3.8) is 0 Å². The number of hydrogen-bond acceptors (Lipinski definition) is 5. The van der Waals surface area contributed by atoms with Gasteiger partial charge in [-0.05, 0) is 59.7 Å². The predicted molar refractivity (Wildman–Crippen MR) is 130 cm³/mol. The molecule has 1 amide bonds. The van der Waals surface area contributed by atoms with E-state index in [1.54, 1.807) is 32.4 Å². The first-order chi connectivity index (χ1) is 16.3. The van der Waals surface area contributed by atoms with Gasteiger partial charge in [0.2, 0.25) is 0 Å². The van der Waals surface area contributed by atoms with Crippen molar-refractivity contribution in [2.24, 2.45) is 0 Å². The molecule has 4 rings (SSSR count). The molecule has 1 aliphatic rings. The van der Waals surface area contributed by atoms with E-state index < -0.39 is 11.5 Å². The van der Waals surface area contributed by atoms with Crippen LogP contribution < -0.4 is 20.3 Å². The lowest BCUT2D eigenvalue weighted by Gasteiger charge is -2.24. The summed E-state index contributed by atoms with van der Waals surface area (Å²) in [5, 5.41) is 2.75. The number of methoxy groups -OCH3 is 2. The van der Waals surface area contributed by atoms with E-state index in [1.807, 2.05) is 24.3 Å². The molecule has 1 aromatic heterocycles. The highest BCUT2D eigenvalue weighted by Crippen LogP contribution is 2.36. The first-order valence-corrected chi connectivity index (χ1v) is 11.2. The summed E-state index contributed by atoms with van der Waals surface area (Å²) in [5.41, 5.74) is 2.99. The molecule has 7 heteroatoms. The summed E-state index contributed by atoms with van der Waals surface area (Å²) in [7, 11) is 3.13. The Hall–Kier alpha value is -3.87. The molecule has 0 saturated carbocycles. The number of carbonyl (C=O) groups is 2. The zero-order chi connectivity index (χ0) is 24.4. The highest BCUT2D eigenvalue weighted by molar-refractivity contribution is 6.06. The van der Waals surface area contributed by atoms with Crippen LogP contribution in [-0.4, -0.2) is 30.9 Å². The van der Waals surface area contributed by atoms with Gasteiger partial charge in [0.05, 0.1) is 14.2 Å². The quantitative estimate of drug-likeness (QED) is 0.557. The van der Waals surface area contributed by atoms with Crippen LogP contribution in [0.25, 0.3) is 0 Å². The Balaban J connectivity index is 1.57. The van der Waals surface area contributed by atoms with Crippen LogP contribution in [0, 0.1) is 0 Å². The average molecular weight is 461 g/mol. The van der Waals surface area contributed by atoms with E-state index in [1.165, 1.54) is 6.07 Å². The van der Waals surface area contributed by atoms with E-state index in [4.69, 9.17) is 9.47 Å². The molecule has 0 spiro atoms. The number of H-pyrrole nitrogens is 1. The lowest BCUT2D eigenvalue weighted by molar-refractivity contribution is 0.0963. The van der Waals surface area contributed by atoms with Crippen LogP contribution in [-0.2, 0) is 6.42 Å². The molecule has 0 unspecified atom stereocenters. The number of pyridine rings is 1. The topological polar surface area (TPSA) is 97.5 Å². The highest BCUT2D eigenvalue weighted by Gasteiger charge is 2.29. The summed E-state index contributed by atoms with van der Waals surface area (Å²) < 4.78 is 10.7. The number of carbonyl (C=O) groups excluding carboxylic acids is 2. The van der Waals surface area contributed by atoms with Crippen molar-refractivity contribution in [2.75, 3.05) is 19.5 Å². The van der Waals surface area contributed by atoms with Crippen molar-refractivity contribution in [1.29, 1.82) is 0 Å². The second-order valence-electron chi connectivity index (χ2n) is 8.78. The minimum absolute atomic E-state index is 0.0791. The number of anilines is 1. The SMILES string of the molecule is COc1ccc([C@@H]2CC(=O)c3cc(C(=O)Nc4ccc(C(C)C)cc4)c(=O)[nH]c3C2)cc1OC. The van der Waals surface area contributed by atoms with Crippen molar-refractivity contribution in [3.8, 4) is 11.5 Å². The number of amides is 1. The van der Waals surface area contributed by atoms with Gasteiger partial charge >= 0.3 is 0 Å². The molecule has 176 valence electrons. The van der Waals surface area contributed by atoms with Gasteiger partial charge in [-0.25, -0.2) is 0 Å². The number of rotatable bonds is 6. The zero-order valence-corrected chi connectivity index (χ0v) is 19.7. The Morgan fingerprint density at radius 1 is 0.971 bits per heavy atom. The van der Waals surface area contributed by atoms with E-state index in [0.29, 0.717) is 40.8 Å². The van der Waals surface area contributed by atoms with E-state index in [-0.39, 0.29) is 23.7 Å². The smallest absolute Gasteiger partial charge is 0.261 e. The summed E-state index contributed by atoms with van der Waals surface area (Å²) in [6, 6.07) is 14.5. The molecular weight excluding hydrogens is 432 g/mol. The second kappa shape index (κ2) is 9.55. The number of aromatic amines is 1. The summed E-state index contributed by atoms with van der Waals surface area (Å²) >= 11 is 0. The van der Waals surface area contributed by atoms with Crippen molar-refractivity contribution in [3.05, 3.63) is 86.8 Å². The number of nitrogens with one attached hydrogen (secondary N) is 2. The van der Waals surface area contributed by atoms with Gasteiger partial charge in [0.15, 0.2) is 17.3 Å². The van der Waals surface area contributed by atoms with Gasteiger partial charge in [0.1, 0.15) is 5.56 Å². The first-order valence-electron chi connectivity index (χ1n) is 11.2. The molecule has 0 bridgehead atoms. The van der Waals surface area contributed by atoms with Crippen LogP contribution in [0.4, 0.5) is 5.69 Å². The maximum atomic E-state index is 13.0. The van der Waals surface area contributed by atoms with Gasteiger partial charge in [-0.1, -0.05) is 32.0 Å². The van der Waals surface area contributed by atoms with Gasteiger partial charge in [0, 0.05) is 23.4 Å². The Bertz CT molecular complexity index is 1290. The Morgan fingerprint density at radius 3 is 2.32 bits per heavy atom. The van der Waals surface area contributed by atoms with Crippen molar-refractivity contribution >= 4 is 17.4 Å². The Labute approximate surface area is 198 Å². The van der Waals surface area contributed by atoms with Crippen LogP contribution in [0.1, 0.15) is 69.6 Å². The van der Waals surface area contributed by atoms with E-state index in [9.17, 15) is 14.4 Å². The molecule has 2 N–H and O–H groups in total. The molecule has 0 radical (unpaired) electrons. The number of aromatic nitrogens is 1. The fraction of sp³-hybridized carbons (Fsp3) is 0.296. The fourth-order valence-electron chi connectivity index (χ4n) is 4.29. The van der Waals surface area contributed by atoms with Crippen molar-refractivity contribution < 1.29 is 19.1 Å². The normalized spacial score (nSPS) is 15.1. The molecule has 0 aliphatic heterocycles. The summed E-state index contributed by atoms with van der Waals surface area (Å²) in [6.07, 6.45) is 0.747. The van der Waals surface area contributed by atoms with Crippen LogP contribution in [0.5, 0.6) is 11.5 Å². The number of ketones is 1. The first kappa shape index (κ1) is 23.3. The van der Waals surface area contributed by atoms with Gasteiger partial charge < -0.3 is 19.8 Å². The molecule has 0 saturated heterocycles. The van der Waals surface area contributed by atoms with E-state index >= 15 is 0 Å². The minimum Gasteiger partial charge on any atom is -0.493 e. The van der Waals surface area contributed by atoms with Crippen molar-refractivity contribution in [1.82, 2.24) is 4.98 Å². The third kappa shape index (κ3) is 4.59. The Morgan fingerprint density at radius 2 is 1.68 bits per heavy atom. The van der Waals surface area contributed by atoms with Crippen LogP contribution in [0.2, 0.25) is 0 Å². The van der Waals surface area contributed by atoms with Gasteiger partial charge in [-0.15, -0.1) is 0 Å². The third-order valence-electron chi connectivity index (χ3n) is 6.26. The number of benzene rings is 2. The van der Waals surface area contributed by atoms with Gasteiger partial charge in [-0.2, -0.15) is 0 Å². The average Bonchev–Trinajstić information content (AvgIpc) is 2.83. The van der Waals surface area contributed by atoms with Gasteiger partial charge in [-0.3, -0.25) is 14.4 Å². The fourth-order valence-corrected chi connectivity index (χ4v) is 4.29. The van der Waals surface area contributed by atoms with Crippen LogP contribution in [0.15, 0.2) is 53.3 Å². The van der Waals surface area contributed by atoms with Crippen molar-refractivity contribution in [2.45, 2.75) is 38.5 Å². The number of hydrogen-bond donors (Lipinski definition) is 2. The lowest BCUT2D eigenvalue weighted by Crippen LogP contribution is -2.29. The number of fused-ring (bicyclic) bond motifs is 1. The standard InChI is InChI=1S/C27H28N2O5/c1-15(2)16-5-8-19(9-6-16)28-26(31)21-14-20-22(29-27(21)32)11-18(12-23(20)30)17-7-10-24(33-3)25(13-17)34-4/h5-10,13-15,18H,11-12H2,1-4H3,(H,28,31)(H,29,32)/t18-/m0/s1. The summed E-state index contributed by atoms with van der Waals surface area (Å²) in [5.74, 6) is 0.789. The Kier molecular flexibility index (Phi) is 6.54. The molecule has 0 fully saturated rings. The molecule has 2 aromatic carbocycles. The minimum atomic E-state index is -0.545. The molecule has 7 nitrogen and oxygen atoms in total. The van der Waals surface area contributed by atoms with E-state index in [2.05, 4.69) is 24.1 Å². The molecule has 34 heavy (non-hydrogen) atoms. The summed E-state index contributed by atoms with van der Waals surface area (Å²) in [6.45, 7) is 4.18. The third-order valence-corrected chi connectivity index (χ3v) is 6.26. The number of ether oxygens (including phenoxy) is 2. The highest BCUT2D eigenvalue weighted by atomic mass is 16.5. The molecule has 3 aromatic rings. The van der Waals surface area contributed by atoms with Crippen LogP contribution in [0.3, 0.4) is 0 Å². The molecular formula is C27H28N2O5. The second-order valence-corrected chi connectivity index (χ2v) is 8.78. The summed E-state index contributed by atoms with van der Waals surface area (Å²) in [4.78, 5) is 41.3. The maximum absolute atomic E-state index is 13.0. The molecule has 1 atom stereocenters. The molecule has 1 aliphatic carbocycles. The van der Waals surface area contributed by atoms with E-state index in [0.717, 1.165) is 11.1 Å². The number of Topliss-reactive ketones (excluding diaryl/α,β-unsaturated/α-hetero) is 1. The largest absolute Gasteiger partial charge is 0.493 e. The molecule has 1 heterocycles. The van der Waals surface area contributed by atoms with Crippen LogP contribution >= 0.6 is 0 Å². The zero-order valence-electron chi connectivity index (χ0n) is 19.7. The van der Waals surface area contributed by atoms with Gasteiger partial charge in [0.25, 0.3) is 11.5 Å².